The predicted octanol–water partition coefficient (Wildman–Crippen LogP) is 3.27. The van der Waals surface area contributed by atoms with Crippen LogP contribution >= 0.6 is 0 Å². The van der Waals surface area contributed by atoms with E-state index in [1.807, 2.05) is 30.7 Å². The Morgan fingerprint density at radius 1 is 0.615 bits per heavy atom. The maximum absolute atomic E-state index is 12.8. The number of aromatic nitrogens is 10. The SMILES string of the molecule is CCc1ccc2nc(C)c(S(=O)(=O)NC(=O)Nc3nc(OC)cc(OC)n3)n2n1.CCc1ccc2nc(C)c(S(N)(=O)=O)n2n1.COc1cc(OC)nc(NC(=O)Oc2ccccc2)n1. The summed E-state index contributed by atoms with van der Waals surface area (Å²) >= 11 is 0. The Bertz CT molecular complexity index is 3000. The second-order valence-electron chi connectivity index (χ2n) is 12.9. The minimum atomic E-state index is -4.29. The lowest BCUT2D eigenvalue weighted by Crippen LogP contribution is -2.36. The Kier molecular flexibility index (Phi) is 15.6. The highest BCUT2D eigenvalue weighted by atomic mass is 32.2. The van der Waals surface area contributed by atoms with Crippen molar-refractivity contribution in [1.29, 1.82) is 0 Å². The van der Waals surface area contributed by atoms with Gasteiger partial charge < -0.3 is 23.7 Å². The second-order valence-corrected chi connectivity index (χ2v) is 16.0. The molecule has 65 heavy (non-hydrogen) atoms. The monoisotopic (exact) mass is 936 g/mol. The molecule has 7 aromatic rings. The van der Waals surface area contributed by atoms with Crippen LogP contribution in [-0.4, -0.2) is 107 Å². The second kappa shape index (κ2) is 21.1. The van der Waals surface area contributed by atoms with Crippen LogP contribution in [0.4, 0.5) is 21.5 Å². The number of amides is 3. The number of ether oxygens (including phenoxy) is 5. The topological polar surface area (TPSA) is 323 Å². The maximum atomic E-state index is 12.8. The first kappa shape index (κ1) is 48.3. The number of para-hydroxylation sites is 1. The number of carbonyl (C=O) groups is 2. The van der Waals surface area contributed by atoms with Crippen LogP contribution in [0.25, 0.3) is 11.3 Å². The number of methoxy groups -OCH3 is 4. The Balaban J connectivity index is 0.000000193. The van der Waals surface area contributed by atoms with Crippen LogP contribution in [0.3, 0.4) is 0 Å². The fourth-order valence-corrected chi connectivity index (χ4v) is 7.50. The molecule has 344 valence electrons. The molecule has 3 amide bonds. The van der Waals surface area contributed by atoms with Gasteiger partial charge in [-0.05, 0) is 63.1 Å². The molecule has 0 aliphatic rings. The fraction of sp³-hybridized carbons (Fsp3) is 0.263. The molecule has 0 atom stereocenters. The van der Waals surface area contributed by atoms with E-state index in [2.05, 4.69) is 50.7 Å². The van der Waals surface area contributed by atoms with E-state index in [0.29, 0.717) is 34.9 Å². The lowest BCUT2D eigenvalue weighted by Gasteiger charge is -2.10. The number of hydrogen-bond donors (Lipinski definition) is 4. The van der Waals surface area contributed by atoms with E-state index in [9.17, 15) is 26.4 Å². The van der Waals surface area contributed by atoms with Gasteiger partial charge in [0, 0.05) is 0 Å². The highest BCUT2D eigenvalue weighted by Crippen LogP contribution is 2.21. The van der Waals surface area contributed by atoms with Crippen LogP contribution in [0, 0.1) is 13.8 Å². The number of benzene rings is 1. The zero-order valence-electron chi connectivity index (χ0n) is 36.1. The number of carbonyl (C=O) groups excluding carboxylic acids is 2. The van der Waals surface area contributed by atoms with Crippen molar-refractivity contribution in [2.75, 3.05) is 39.1 Å². The number of nitrogens with one attached hydrogen (secondary N) is 3. The number of sulfonamides is 2. The Morgan fingerprint density at radius 3 is 1.48 bits per heavy atom. The maximum Gasteiger partial charge on any atom is 0.419 e. The summed E-state index contributed by atoms with van der Waals surface area (Å²) in [7, 11) is -2.44. The van der Waals surface area contributed by atoms with Crippen molar-refractivity contribution in [2.24, 2.45) is 5.14 Å². The fourth-order valence-electron chi connectivity index (χ4n) is 5.48. The van der Waals surface area contributed by atoms with E-state index < -0.39 is 32.2 Å². The highest BCUT2D eigenvalue weighted by molar-refractivity contribution is 7.90. The molecular formula is C38H44N14O11S2. The first-order chi connectivity index (χ1) is 30.9. The Hall–Kier alpha value is -7.78. The number of rotatable bonds is 12. The molecule has 25 nitrogen and oxygen atoms in total. The number of nitrogens with zero attached hydrogens (tertiary/aromatic N) is 10. The summed E-state index contributed by atoms with van der Waals surface area (Å²) in [5.74, 6) is 1.05. The van der Waals surface area contributed by atoms with E-state index in [4.69, 9.17) is 28.8 Å². The van der Waals surface area contributed by atoms with Gasteiger partial charge in [-0.15, -0.1) is 0 Å². The lowest BCUT2D eigenvalue weighted by atomic mass is 10.3. The van der Waals surface area contributed by atoms with Crippen LogP contribution in [0.1, 0.15) is 36.6 Å². The number of primary sulfonamides is 1. The first-order valence-corrected chi connectivity index (χ1v) is 22.0. The summed E-state index contributed by atoms with van der Waals surface area (Å²) in [6.07, 6.45) is 0.624. The summed E-state index contributed by atoms with van der Waals surface area (Å²) in [5.41, 5.74) is 2.86. The normalized spacial score (nSPS) is 11.0. The average Bonchev–Trinajstić information content (AvgIpc) is 3.81. The molecule has 0 aliphatic heterocycles. The van der Waals surface area contributed by atoms with E-state index >= 15 is 0 Å². The largest absolute Gasteiger partial charge is 0.481 e. The first-order valence-electron chi connectivity index (χ1n) is 19.0. The van der Waals surface area contributed by atoms with Gasteiger partial charge in [0.1, 0.15) is 5.75 Å². The molecule has 0 aliphatic carbocycles. The van der Waals surface area contributed by atoms with Crippen LogP contribution in [0.2, 0.25) is 0 Å². The van der Waals surface area contributed by atoms with E-state index in [1.165, 1.54) is 56.5 Å². The molecule has 0 bridgehead atoms. The Morgan fingerprint density at radius 2 is 1.05 bits per heavy atom. The van der Waals surface area contributed by atoms with Gasteiger partial charge in [-0.3, -0.25) is 10.6 Å². The minimum Gasteiger partial charge on any atom is -0.481 e. The molecular weight excluding hydrogens is 893 g/mol. The van der Waals surface area contributed by atoms with Crippen molar-refractivity contribution < 1.29 is 50.1 Å². The minimum absolute atomic E-state index is 0.0298. The molecule has 1 aromatic carbocycles. The van der Waals surface area contributed by atoms with Crippen molar-refractivity contribution >= 4 is 55.4 Å². The molecule has 0 radical (unpaired) electrons. The van der Waals surface area contributed by atoms with Gasteiger partial charge in [-0.25, -0.2) is 42.4 Å². The number of anilines is 2. The van der Waals surface area contributed by atoms with Crippen molar-refractivity contribution in [3.8, 4) is 29.3 Å². The number of aryl methyl sites for hydroxylation is 4. The van der Waals surface area contributed by atoms with Gasteiger partial charge in [-0.1, -0.05) is 32.0 Å². The predicted molar refractivity (Wildman–Crippen MR) is 231 cm³/mol. The standard InChI is InChI=1S/C16H19N7O5S.C13H13N3O4.C9H12N4O2S/c1-5-10-6-7-11-17-9(2)14(23(11)21-10)29(25,26)22-16(24)20-15-18-12(27-3)8-13(19-15)28-4;1-18-10-8-11(19-2)15-12(14-10)16-13(17)20-9-6-4-3-5-7-9;1-3-7-4-5-8-11-6(2)9(13(8)12-7)16(10,14)15/h6-8H,5H2,1-4H3,(H2,18,19,20,22,24);3-8H,1-2H3,(H,14,15,16,17);4-5H,3H2,1-2H3,(H2,10,14,15). The van der Waals surface area contributed by atoms with E-state index in [1.54, 1.807) is 49.4 Å². The number of urea groups is 1. The van der Waals surface area contributed by atoms with Crippen LogP contribution in [-0.2, 0) is 32.9 Å². The van der Waals surface area contributed by atoms with Gasteiger partial charge in [0.25, 0.3) is 20.0 Å². The molecule has 0 spiro atoms. The molecule has 7 rings (SSSR count). The van der Waals surface area contributed by atoms with Gasteiger partial charge in [0.05, 0.1) is 63.3 Å². The summed E-state index contributed by atoms with van der Waals surface area (Å²) in [6.45, 7) is 6.94. The molecule has 6 heterocycles. The molecule has 27 heteroatoms. The van der Waals surface area contributed by atoms with Crippen LogP contribution < -0.4 is 44.2 Å². The number of nitrogens with two attached hydrogens (primary N) is 1. The molecule has 6 aromatic heterocycles. The molecule has 0 saturated carbocycles. The third-order valence-electron chi connectivity index (χ3n) is 8.37. The van der Waals surface area contributed by atoms with Crippen molar-refractivity contribution in [2.45, 2.75) is 50.6 Å². The summed E-state index contributed by atoms with van der Waals surface area (Å²) < 4.78 is 77.8. The van der Waals surface area contributed by atoms with Crippen molar-refractivity contribution in [3.05, 3.63) is 89.5 Å². The van der Waals surface area contributed by atoms with Crippen molar-refractivity contribution in [3.63, 3.8) is 0 Å². The van der Waals surface area contributed by atoms with Crippen molar-refractivity contribution in [1.82, 2.24) is 53.9 Å². The number of fused-ring (bicyclic) bond motifs is 2. The zero-order chi connectivity index (χ0) is 47.5. The smallest absolute Gasteiger partial charge is 0.419 e. The van der Waals surface area contributed by atoms with Crippen LogP contribution in [0.5, 0.6) is 29.3 Å². The molecule has 5 N–H and O–H groups in total. The van der Waals surface area contributed by atoms with Gasteiger partial charge >= 0.3 is 12.1 Å². The third kappa shape index (κ3) is 12.4. The number of imidazole rings is 2. The summed E-state index contributed by atoms with van der Waals surface area (Å²) in [4.78, 5) is 48.0. The third-order valence-corrected chi connectivity index (χ3v) is 10.8. The Labute approximate surface area is 371 Å². The van der Waals surface area contributed by atoms with Gasteiger partial charge in [-0.2, -0.15) is 43.1 Å². The molecule has 0 saturated heterocycles. The van der Waals surface area contributed by atoms with E-state index in [0.717, 1.165) is 12.1 Å². The molecule has 0 fully saturated rings. The average molecular weight is 937 g/mol. The summed E-state index contributed by atoms with van der Waals surface area (Å²) in [5, 5.41) is 17.9. The highest BCUT2D eigenvalue weighted by Gasteiger charge is 2.27. The summed E-state index contributed by atoms with van der Waals surface area (Å²) in [6, 6.07) is 17.4. The van der Waals surface area contributed by atoms with E-state index in [-0.39, 0.29) is 51.2 Å². The van der Waals surface area contributed by atoms with Gasteiger partial charge in [0.2, 0.25) is 40.4 Å². The zero-order valence-corrected chi connectivity index (χ0v) is 37.8. The van der Waals surface area contributed by atoms with Crippen LogP contribution in [0.15, 0.2) is 76.8 Å². The molecule has 0 unspecified atom stereocenters. The number of hydrogen-bond acceptors (Lipinski definition) is 19. The quantitative estimate of drug-likeness (QED) is 0.137. The lowest BCUT2D eigenvalue weighted by molar-refractivity contribution is 0.215. The van der Waals surface area contributed by atoms with Gasteiger partial charge in [0.15, 0.2) is 16.3 Å².